The van der Waals surface area contributed by atoms with Gasteiger partial charge in [-0.25, -0.2) is 4.79 Å². The van der Waals surface area contributed by atoms with Gasteiger partial charge in [-0.1, -0.05) is 48.9 Å². The predicted octanol–water partition coefficient (Wildman–Crippen LogP) is 6.97. The highest BCUT2D eigenvalue weighted by molar-refractivity contribution is 8.00. The van der Waals surface area contributed by atoms with Crippen LogP contribution in [-0.4, -0.2) is 48.3 Å². The van der Waals surface area contributed by atoms with Crippen molar-refractivity contribution in [3.63, 3.8) is 0 Å². The normalized spacial score (nSPS) is 11.6. The van der Waals surface area contributed by atoms with Crippen LogP contribution in [0.15, 0.2) is 102 Å². The highest BCUT2D eigenvalue weighted by Crippen LogP contribution is 2.31. The van der Waals surface area contributed by atoms with Crippen molar-refractivity contribution in [1.82, 2.24) is 5.32 Å². The van der Waals surface area contributed by atoms with Crippen LogP contribution in [0.1, 0.15) is 39.6 Å². The molecule has 0 saturated carbocycles. The zero-order chi connectivity index (χ0) is 33.9. The number of ether oxygens (including phenoxy) is 2. The van der Waals surface area contributed by atoms with Gasteiger partial charge < -0.3 is 30.5 Å². The molecule has 0 aromatic heterocycles. The lowest BCUT2D eigenvalue weighted by molar-refractivity contribution is -0.116. The standard InChI is InChI=1S/C35H32ClN3O7S/c1-4-31(34(42)38-27-19-23(35(43)44)14-15-26(27)36)47-25-12-8-11-24(20-25)37-33(41)28(39-32(40)22-9-6-5-7-10-22)17-21-13-16-29(45-2)30(18-21)46-3/h5-20,31H,4H2,1-3H3,(H,37,41)(H,38,42)(H,39,40)(H,43,44)/b28-17+. The Labute approximate surface area is 281 Å². The van der Waals surface area contributed by atoms with Crippen molar-refractivity contribution in [2.45, 2.75) is 23.5 Å². The van der Waals surface area contributed by atoms with Gasteiger partial charge in [0.25, 0.3) is 11.8 Å². The number of carboxylic acid groups (broad SMARTS) is 1. The number of halogens is 1. The number of amides is 3. The summed E-state index contributed by atoms with van der Waals surface area (Å²) >= 11 is 7.46. The smallest absolute Gasteiger partial charge is 0.335 e. The van der Waals surface area contributed by atoms with Gasteiger partial charge in [-0.2, -0.15) is 0 Å². The van der Waals surface area contributed by atoms with Crippen LogP contribution < -0.4 is 25.4 Å². The van der Waals surface area contributed by atoms with Crippen molar-refractivity contribution in [2.75, 3.05) is 24.9 Å². The van der Waals surface area contributed by atoms with Crippen molar-refractivity contribution in [3.05, 3.63) is 118 Å². The molecule has 242 valence electrons. The summed E-state index contributed by atoms with van der Waals surface area (Å²) < 4.78 is 10.7. The van der Waals surface area contributed by atoms with Gasteiger partial charge >= 0.3 is 5.97 Å². The van der Waals surface area contributed by atoms with E-state index in [0.29, 0.717) is 39.6 Å². The molecule has 1 atom stereocenters. The zero-order valence-electron chi connectivity index (χ0n) is 25.7. The van der Waals surface area contributed by atoms with E-state index in [1.54, 1.807) is 72.8 Å². The van der Waals surface area contributed by atoms with E-state index in [1.165, 1.54) is 50.3 Å². The monoisotopic (exact) mass is 673 g/mol. The fraction of sp³-hybridized carbons (Fsp3) is 0.143. The summed E-state index contributed by atoms with van der Waals surface area (Å²) in [5.74, 6) is -1.59. The Kier molecular flexibility index (Phi) is 12.0. The second-order valence-electron chi connectivity index (χ2n) is 9.98. The number of hydrogen-bond donors (Lipinski definition) is 4. The highest BCUT2D eigenvalue weighted by Gasteiger charge is 2.21. The van der Waals surface area contributed by atoms with Crippen LogP contribution in [-0.2, 0) is 9.59 Å². The molecule has 12 heteroatoms. The van der Waals surface area contributed by atoms with E-state index in [2.05, 4.69) is 16.0 Å². The molecular formula is C35H32ClN3O7S. The Morgan fingerprint density at radius 1 is 0.851 bits per heavy atom. The molecule has 4 aromatic rings. The van der Waals surface area contributed by atoms with Gasteiger partial charge in [0.05, 0.1) is 35.7 Å². The Hall–Kier alpha value is -5.26. The lowest BCUT2D eigenvalue weighted by Crippen LogP contribution is -2.30. The van der Waals surface area contributed by atoms with Gasteiger partial charge in [-0.15, -0.1) is 11.8 Å². The first-order valence-corrected chi connectivity index (χ1v) is 15.6. The van der Waals surface area contributed by atoms with Gasteiger partial charge in [0.1, 0.15) is 5.70 Å². The fourth-order valence-corrected chi connectivity index (χ4v) is 5.53. The first kappa shape index (κ1) is 34.6. The van der Waals surface area contributed by atoms with Gasteiger partial charge in [0.2, 0.25) is 5.91 Å². The molecule has 4 N–H and O–H groups in total. The number of rotatable bonds is 13. The molecule has 0 aliphatic rings. The van der Waals surface area contributed by atoms with Gasteiger partial charge in [-0.3, -0.25) is 14.4 Å². The molecule has 0 heterocycles. The van der Waals surface area contributed by atoms with Crippen LogP contribution in [0.4, 0.5) is 11.4 Å². The van der Waals surface area contributed by atoms with E-state index in [1.807, 2.05) is 6.92 Å². The first-order chi connectivity index (χ1) is 22.6. The Morgan fingerprint density at radius 2 is 1.60 bits per heavy atom. The SMILES string of the molecule is CCC(Sc1cccc(NC(=O)/C(=C\c2ccc(OC)c(OC)c2)NC(=O)c2ccccc2)c1)C(=O)Nc1cc(C(=O)O)ccc1Cl. The third-order valence-corrected chi connectivity index (χ3v) is 8.44. The highest BCUT2D eigenvalue weighted by atomic mass is 35.5. The van der Waals surface area contributed by atoms with Crippen LogP contribution in [0.25, 0.3) is 6.08 Å². The number of benzene rings is 4. The van der Waals surface area contributed by atoms with Crippen molar-refractivity contribution < 1.29 is 33.8 Å². The van der Waals surface area contributed by atoms with Gasteiger partial charge in [0, 0.05) is 16.1 Å². The van der Waals surface area contributed by atoms with E-state index in [0.717, 1.165) is 0 Å². The lowest BCUT2D eigenvalue weighted by Gasteiger charge is -2.17. The Bertz CT molecular complexity index is 1810. The summed E-state index contributed by atoms with van der Waals surface area (Å²) in [6.45, 7) is 1.85. The number of nitrogens with one attached hydrogen (secondary N) is 3. The average molecular weight is 674 g/mol. The second kappa shape index (κ2) is 16.3. The summed E-state index contributed by atoms with van der Waals surface area (Å²) in [4.78, 5) is 51.8. The lowest BCUT2D eigenvalue weighted by atomic mass is 10.1. The molecule has 4 aromatic carbocycles. The van der Waals surface area contributed by atoms with Gasteiger partial charge in [0.15, 0.2) is 11.5 Å². The molecule has 0 fully saturated rings. The van der Waals surface area contributed by atoms with Crippen LogP contribution in [0.5, 0.6) is 11.5 Å². The predicted molar refractivity (Wildman–Crippen MR) is 183 cm³/mol. The summed E-state index contributed by atoms with van der Waals surface area (Å²) in [5.41, 5.74) is 1.56. The van der Waals surface area contributed by atoms with Crippen LogP contribution in [0.3, 0.4) is 0 Å². The number of carbonyl (C=O) groups excluding carboxylic acids is 3. The molecule has 0 spiro atoms. The quantitative estimate of drug-likeness (QED) is 0.0880. The van der Waals surface area contributed by atoms with Gasteiger partial charge in [-0.05, 0) is 78.7 Å². The van der Waals surface area contributed by atoms with Crippen LogP contribution in [0.2, 0.25) is 5.02 Å². The Balaban J connectivity index is 1.54. The van der Waals surface area contributed by atoms with Crippen LogP contribution in [0, 0.1) is 0 Å². The molecule has 1 unspecified atom stereocenters. The van der Waals surface area contributed by atoms with Crippen molar-refractivity contribution in [2.24, 2.45) is 0 Å². The number of carbonyl (C=O) groups is 4. The number of aromatic carboxylic acids is 1. The molecule has 0 aliphatic heterocycles. The summed E-state index contributed by atoms with van der Waals surface area (Å²) in [6, 6.07) is 24.6. The van der Waals surface area contributed by atoms with E-state index >= 15 is 0 Å². The maximum atomic E-state index is 13.6. The molecule has 10 nitrogen and oxygen atoms in total. The number of thioether (sulfide) groups is 1. The number of methoxy groups -OCH3 is 2. The number of carboxylic acids is 1. The topological polar surface area (TPSA) is 143 Å². The minimum Gasteiger partial charge on any atom is -0.493 e. The molecule has 0 saturated heterocycles. The molecule has 0 bridgehead atoms. The maximum absolute atomic E-state index is 13.6. The maximum Gasteiger partial charge on any atom is 0.335 e. The molecule has 0 radical (unpaired) electrons. The van der Waals surface area contributed by atoms with E-state index in [9.17, 15) is 24.3 Å². The van der Waals surface area contributed by atoms with Crippen molar-refractivity contribution in [3.8, 4) is 11.5 Å². The summed E-state index contributed by atoms with van der Waals surface area (Å²) in [6.07, 6.45) is 1.98. The third-order valence-electron chi connectivity index (χ3n) is 6.75. The minimum absolute atomic E-state index is 0.00616. The third kappa shape index (κ3) is 9.38. The van der Waals surface area contributed by atoms with E-state index in [4.69, 9.17) is 21.1 Å². The summed E-state index contributed by atoms with van der Waals surface area (Å²) in [5, 5.41) is 17.2. The zero-order valence-corrected chi connectivity index (χ0v) is 27.3. The second-order valence-corrected chi connectivity index (χ2v) is 11.7. The Morgan fingerprint density at radius 3 is 2.28 bits per heavy atom. The van der Waals surface area contributed by atoms with E-state index < -0.39 is 23.0 Å². The van der Waals surface area contributed by atoms with Crippen molar-refractivity contribution in [1.29, 1.82) is 0 Å². The molecule has 0 aliphatic carbocycles. The molecule has 47 heavy (non-hydrogen) atoms. The molecular weight excluding hydrogens is 642 g/mol. The fourth-order valence-electron chi connectivity index (χ4n) is 4.35. The summed E-state index contributed by atoms with van der Waals surface area (Å²) in [7, 11) is 3.02. The van der Waals surface area contributed by atoms with Crippen molar-refractivity contribution >= 4 is 64.5 Å². The largest absolute Gasteiger partial charge is 0.493 e. The van der Waals surface area contributed by atoms with Crippen LogP contribution >= 0.6 is 23.4 Å². The molecule has 3 amide bonds. The van der Waals surface area contributed by atoms with E-state index in [-0.39, 0.29) is 27.9 Å². The number of anilines is 2. The average Bonchev–Trinajstić information content (AvgIpc) is 3.08. The number of hydrogen-bond acceptors (Lipinski definition) is 7. The minimum atomic E-state index is -1.14. The molecule has 4 rings (SSSR count). The first-order valence-electron chi connectivity index (χ1n) is 14.3.